The molecule has 0 bridgehead atoms. The number of aromatic nitrogens is 4. The number of nitrogens with zero attached hydrogens (tertiary/aromatic N) is 4. The van der Waals surface area contributed by atoms with Crippen LogP contribution in [0.5, 0.6) is 0 Å². The summed E-state index contributed by atoms with van der Waals surface area (Å²) in [6, 6.07) is 0. The molecule has 0 aliphatic rings. The average molecular weight is 447 g/mol. The van der Waals surface area contributed by atoms with Gasteiger partial charge >= 0.3 is 0 Å². The quantitative estimate of drug-likeness (QED) is 0.634. The highest BCUT2D eigenvalue weighted by molar-refractivity contribution is 9.11. The SMILES string of the molecule is Brc1cncc(Br)n1.N.Nc1cncc(Br)n1.O. The van der Waals surface area contributed by atoms with E-state index in [1.165, 1.54) is 6.20 Å². The Bertz CT molecular complexity index is 394. The van der Waals surface area contributed by atoms with Gasteiger partial charge in [0.25, 0.3) is 0 Å². The standard InChI is InChI=1S/C4H2Br2N2.C4H4BrN3.H3N.H2O/c2*5-3-1-7-2-4(6)8-3;;/h1-2H;1-2H,(H2,6,8);1H3;1H2. The summed E-state index contributed by atoms with van der Waals surface area (Å²) in [6.45, 7) is 0. The molecule has 0 fully saturated rings. The molecule has 0 radical (unpaired) electrons. The lowest BCUT2D eigenvalue weighted by atomic mass is 10.7. The summed E-state index contributed by atoms with van der Waals surface area (Å²) in [5.74, 6) is 0.430. The summed E-state index contributed by atoms with van der Waals surface area (Å²) in [5.41, 5.74) is 5.26. The molecule has 0 aliphatic carbocycles. The van der Waals surface area contributed by atoms with Crippen molar-refractivity contribution in [2.45, 2.75) is 0 Å². The Labute approximate surface area is 129 Å². The number of nitrogen functional groups attached to an aromatic ring is 1. The summed E-state index contributed by atoms with van der Waals surface area (Å²) in [4.78, 5) is 15.3. The lowest BCUT2D eigenvalue weighted by molar-refractivity contribution is 0.824. The van der Waals surface area contributed by atoms with Crippen molar-refractivity contribution in [2.75, 3.05) is 5.73 Å². The van der Waals surface area contributed by atoms with Crippen LogP contribution in [0.25, 0.3) is 0 Å². The molecule has 0 saturated heterocycles. The molecule has 2 aromatic heterocycles. The topological polar surface area (TPSA) is 144 Å². The second-order valence-electron chi connectivity index (χ2n) is 2.43. The molecule has 18 heavy (non-hydrogen) atoms. The summed E-state index contributed by atoms with van der Waals surface area (Å²) in [7, 11) is 0. The average Bonchev–Trinajstić information content (AvgIpc) is 2.17. The molecule has 0 amide bonds. The summed E-state index contributed by atoms with van der Waals surface area (Å²) >= 11 is 9.43. The summed E-state index contributed by atoms with van der Waals surface area (Å²) in [5, 5.41) is 0. The van der Waals surface area contributed by atoms with Crippen LogP contribution in [0.2, 0.25) is 0 Å². The molecule has 0 saturated carbocycles. The molecule has 2 heterocycles. The van der Waals surface area contributed by atoms with Crippen molar-refractivity contribution in [1.29, 1.82) is 0 Å². The van der Waals surface area contributed by atoms with Crippen molar-refractivity contribution in [3.05, 3.63) is 38.6 Å². The van der Waals surface area contributed by atoms with Gasteiger partial charge in [-0.05, 0) is 47.8 Å². The Hall–Kier alpha value is -0.680. The van der Waals surface area contributed by atoms with Crippen molar-refractivity contribution in [2.24, 2.45) is 0 Å². The smallest absolute Gasteiger partial charge is 0.143 e. The van der Waals surface area contributed by atoms with E-state index in [4.69, 9.17) is 5.73 Å². The van der Waals surface area contributed by atoms with Crippen LogP contribution in [0, 0.1) is 0 Å². The van der Waals surface area contributed by atoms with Gasteiger partial charge in [-0.2, -0.15) is 0 Å². The Morgan fingerprint density at radius 3 is 1.39 bits per heavy atom. The summed E-state index contributed by atoms with van der Waals surface area (Å²) in [6.07, 6.45) is 6.33. The van der Waals surface area contributed by atoms with Gasteiger partial charge in [0.05, 0.1) is 24.8 Å². The number of anilines is 1. The van der Waals surface area contributed by atoms with Gasteiger partial charge in [-0.15, -0.1) is 0 Å². The zero-order valence-corrected chi connectivity index (χ0v) is 13.8. The minimum atomic E-state index is 0. The summed E-state index contributed by atoms with van der Waals surface area (Å²) < 4.78 is 2.15. The van der Waals surface area contributed by atoms with Gasteiger partial charge in [-0.25, -0.2) is 9.97 Å². The fraction of sp³-hybridized carbons (Fsp3) is 0. The van der Waals surface area contributed by atoms with Gasteiger partial charge in [0.2, 0.25) is 0 Å². The first kappa shape index (κ1) is 19.7. The molecule has 0 aliphatic heterocycles. The normalized spacial score (nSPS) is 8.17. The monoisotopic (exact) mass is 444 g/mol. The van der Waals surface area contributed by atoms with E-state index in [0.29, 0.717) is 10.4 Å². The highest BCUT2D eigenvalue weighted by Gasteiger charge is 1.87. The lowest BCUT2D eigenvalue weighted by Crippen LogP contribution is -1.89. The van der Waals surface area contributed by atoms with Gasteiger partial charge < -0.3 is 17.4 Å². The molecule has 7 nitrogen and oxygen atoms in total. The maximum absolute atomic E-state index is 5.26. The van der Waals surface area contributed by atoms with Crippen LogP contribution in [-0.2, 0) is 0 Å². The van der Waals surface area contributed by atoms with E-state index in [0.717, 1.165) is 9.21 Å². The van der Waals surface area contributed by atoms with Crippen molar-refractivity contribution in [3.8, 4) is 0 Å². The highest BCUT2D eigenvalue weighted by Crippen LogP contribution is 2.07. The van der Waals surface area contributed by atoms with Crippen molar-refractivity contribution in [3.63, 3.8) is 0 Å². The number of hydrogen-bond acceptors (Lipinski definition) is 6. The first-order valence-electron chi connectivity index (χ1n) is 3.94. The van der Waals surface area contributed by atoms with Crippen LogP contribution in [0.3, 0.4) is 0 Å². The molecule has 0 unspecified atom stereocenters. The van der Waals surface area contributed by atoms with Gasteiger partial charge in [0.1, 0.15) is 19.6 Å². The Morgan fingerprint density at radius 2 is 1.17 bits per heavy atom. The molecule has 0 spiro atoms. The number of nitrogens with two attached hydrogens (primary N) is 1. The Kier molecular flexibility index (Phi) is 11.2. The zero-order chi connectivity index (χ0) is 12.0. The number of halogens is 3. The molecule has 2 rings (SSSR count). The first-order chi connectivity index (χ1) is 7.58. The van der Waals surface area contributed by atoms with E-state index >= 15 is 0 Å². The molecule has 10 heteroatoms. The lowest BCUT2D eigenvalue weighted by Gasteiger charge is -1.87. The third-order valence-corrected chi connectivity index (χ3v) is 2.35. The molecule has 2 aromatic rings. The van der Waals surface area contributed by atoms with E-state index in [-0.39, 0.29) is 11.6 Å². The predicted molar refractivity (Wildman–Crippen MR) is 80.2 cm³/mol. The molecule has 7 N–H and O–H groups in total. The number of hydrogen-bond donors (Lipinski definition) is 2. The minimum Gasteiger partial charge on any atom is -0.412 e. The van der Waals surface area contributed by atoms with Gasteiger partial charge in [0, 0.05) is 0 Å². The van der Waals surface area contributed by atoms with Crippen LogP contribution in [0.15, 0.2) is 38.6 Å². The fourth-order valence-electron chi connectivity index (χ4n) is 0.676. The van der Waals surface area contributed by atoms with E-state index in [1.54, 1.807) is 18.6 Å². The van der Waals surface area contributed by atoms with E-state index in [1.807, 2.05) is 0 Å². The molecule has 100 valence electrons. The Morgan fingerprint density at radius 1 is 0.778 bits per heavy atom. The zero-order valence-electron chi connectivity index (χ0n) is 9.02. The third kappa shape index (κ3) is 8.42. The van der Waals surface area contributed by atoms with E-state index in [9.17, 15) is 0 Å². The van der Waals surface area contributed by atoms with Crippen LogP contribution >= 0.6 is 47.8 Å². The van der Waals surface area contributed by atoms with Crippen molar-refractivity contribution >= 4 is 53.6 Å². The number of rotatable bonds is 0. The Balaban J connectivity index is 0. The molecular weight excluding hydrogens is 436 g/mol. The van der Waals surface area contributed by atoms with Crippen molar-refractivity contribution in [1.82, 2.24) is 26.1 Å². The maximum atomic E-state index is 5.26. The predicted octanol–water partition coefficient (Wildman–Crippen LogP) is 2.16. The second-order valence-corrected chi connectivity index (χ2v) is 4.87. The maximum Gasteiger partial charge on any atom is 0.143 e. The van der Waals surface area contributed by atoms with Crippen molar-refractivity contribution < 1.29 is 5.48 Å². The van der Waals surface area contributed by atoms with Gasteiger partial charge in [-0.3, -0.25) is 9.97 Å². The van der Waals surface area contributed by atoms with Crippen LogP contribution in [0.1, 0.15) is 0 Å². The van der Waals surface area contributed by atoms with E-state index < -0.39 is 0 Å². The third-order valence-electron chi connectivity index (χ3n) is 1.20. The fourth-order valence-corrected chi connectivity index (χ4v) is 1.86. The first-order valence-corrected chi connectivity index (χ1v) is 6.32. The highest BCUT2D eigenvalue weighted by atomic mass is 79.9. The minimum absolute atomic E-state index is 0. The van der Waals surface area contributed by atoms with E-state index in [2.05, 4.69) is 67.7 Å². The van der Waals surface area contributed by atoms with Gasteiger partial charge in [0.15, 0.2) is 0 Å². The van der Waals surface area contributed by atoms with Crippen LogP contribution < -0.4 is 11.9 Å². The second kappa shape index (κ2) is 10.3. The molecule has 0 aromatic carbocycles. The molecular formula is C8H11Br3N6O. The van der Waals surface area contributed by atoms with Crippen LogP contribution in [0.4, 0.5) is 5.82 Å². The largest absolute Gasteiger partial charge is 0.412 e. The molecule has 0 atom stereocenters. The van der Waals surface area contributed by atoms with Gasteiger partial charge in [-0.1, -0.05) is 0 Å². The van der Waals surface area contributed by atoms with Crippen LogP contribution in [-0.4, -0.2) is 25.4 Å².